The van der Waals surface area contributed by atoms with Gasteiger partial charge in [-0.2, -0.15) is 0 Å². The minimum Gasteiger partial charge on any atom is -0.375 e. The summed E-state index contributed by atoms with van der Waals surface area (Å²) in [5.74, 6) is 0. The predicted octanol–water partition coefficient (Wildman–Crippen LogP) is 6.21. The van der Waals surface area contributed by atoms with Gasteiger partial charge in [-0.05, 0) is 35.4 Å². The quantitative estimate of drug-likeness (QED) is 0.589. The molecule has 3 rings (SSSR count). The summed E-state index contributed by atoms with van der Waals surface area (Å²) >= 11 is 5.95. The van der Waals surface area contributed by atoms with Gasteiger partial charge >= 0.3 is 0 Å². The second-order valence-electron chi connectivity index (χ2n) is 5.22. The molecule has 0 aliphatic carbocycles. The van der Waals surface area contributed by atoms with Crippen molar-refractivity contribution in [3.63, 3.8) is 0 Å². The first-order valence-corrected chi connectivity index (χ1v) is 7.91. The summed E-state index contributed by atoms with van der Waals surface area (Å²) in [7, 11) is 0. The van der Waals surface area contributed by atoms with Crippen molar-refractivity contribution in [1.29, 1.82) is 0 Å². The Labute approximate surface area is 143 Å². The smallest absolute Gasteiger partial charge is 0.0701 e. The van der Waals surface area contributed by atoms with Crippen LogP contribution < -0.4 is 5.32 Å². The fraction of sp³-hybridized carbons (Fsp3) is 0.0476. The van der Waals surface area contributed by atoms with Gasteiger partial charge in [0.1, 0.15) is 0 Å². The highest BCUT2D eigenvalue weighted by Gasteiger charge is 2.07. The van der Waals surface area contributed by atoms with Gasteiger partial charge in [-0.1, -0.05) is 84.4 Å². The third kappa shape index (κ3) is 4.48. The van der Waals surface area contributed by atoms with Crippen LogP contribution in [0.3, 0.4) is 0 Å². The molecule has 0 bridgehead atoms. The molecule has 0 aliphatic rings. The van der Waals surface area contributed by atoms with Crippen LogP contribution in [0.1, 0.15) is 18.5 Å². The van der Waals surface area contributed by atoms with Crippen LogP contribution in [0.25, 0.3) is 6.08 Å². The first-order valence-electron chi connectivity index (χ1n) is 8.03. The Balaban J connectivity index is 1.89. The minimum absolute atomic E-state index is 0.0309. The molecule has 1 atom stereocenters. The zero-order valence-corrected chi connectivity index (χ0v) is 13.4. The van der Waals surface area contributed by atoms with E-state index in [-0.39, 0.29) is 6.04 Å². The summed E-state index contributed by atoms with van der Waals surface area (Å²) in [6.45, 7) is 0. The van der Waals surface area contributed by atoms with E-state index in [1.807, 2.05) is 42.5 Å². The highest BCUT2D eigenvalue weighted by atomic mass is 35.5. The van der Waals surface area contributed by atoms with Crippen LogP contribution in [0.15, 0.2) is 91.0 Å². The van der Waals surface area contributed by atoms with Gasteiger partial charge in [-0.25, -0.2) is 0 Å². The molecule has 1 N–H and O–H groups in total. The van der Waals surface area contributed by atoms with Gasteiger partial charge in [0.25, 0.3) is 0 Å². The van der Waals surface area contributed by atoms with Crippen LogP contribution in [-0.4, -0.2) is 0 Å². The van der Waals surface area contributed by atoms with Crippen molar-refractivity contribution in [2.45, 2.75) is 6.04 Å². The van der Waals surface area contributed by atoms with Crippen molar-refractivity contribution in [2.75, 3.05) is 5.32 Å². The highest BCUT2D eigenvalue weighted by molar-refractivity contribution is 6.30. The summed E-state index contributed by atoms with van der Waals surface area (Å²) in [5.41, 5.74) is 3.03. The van der Waals surface area contributed by atoms with Gasteiger partial charge in [0.2, 0.25) is 0 Å². The van der Waals surface area contributed by atoms with Crippen LogP contribution >= 0.6 is 11.6 Å². The molecule has 0 aromatic heterocycles. The number of hydrogen-bond acceptors (Lipinski definition) is 1. The molecule has 3 aromatic carbocycles. The zero-order chi connectivity index (χ0) is 16.8. The van der Waals surface area contributed by atoms with Gasteiger partial charge in [0.15, 0.2) is 0 Å². The summed E-state index contributed by atoms with van der Waals surface area (Å²) in [6, 6.07) is 26.0. The van der Waals surface area contributed by atoms with Crippen LogP contribution in [0, 0.1) is 0 Å². The molecule has 3 aromatic rings. The highest BCUT2D eigenvalue weighted by Crippen LogP contribution is 2.23. The standard InChI is InChI=1S/C21H18ClN/c22-19-12-14-20(15-13-19)23-21(18-9-5-2-6-10-18)16-11-17-7-3-1-4-8-17/h1-16,21,23H/i14D. The van der Waals surface area contributed by atoms with Crippen molar-refractivity contribution in [3.8, 4) is 0 Å². The van der Waals surface area contributed by atoms with Crippen LogP contribution in [0.4, 0.5) is 5.69 Å². The SMILES string of the molecule is [2H]c1cc(Cl)ccc1NC(C=Cc1ccccc1)c1ccccc1. The molecule has 0 fully saturated rings. The molecule has 2 heteroatoms. The number of halogens is 1. The van der Waals surface area contributed by atoms with E-state index >= 15 is 0 Å². The molecule has 0 aliphatic heterocycles. The largest absolute Gasteiger partial charge is 0.375 e. The monoisotopic (exact) mass is 320 g/mol. The molecule has 0 saturated heterocycles. The van der Waals surface area contributed by atoms with E-state index in [4.69, 9.17) is 13.0 Å². The van der Waals surface area contributed by atoms with E-state index in [2.05, 4.69) is 41.7 Å². The zero-order valence-electron chi connectivity index (χ0n) is 13.6. The van der Waals surface area contributed by atoms with Crippen molar-refractivity contribution >= 4 is 23.4 Å². The molecule has 0 saturated carbocycles. The summed E-state index contributed by atoms with van der Waals surface area (Å²) in [6.07, 6.45) is 4.20. The van der Waals surface area contributed by atoms with Gasteiger partial charge in [-0.15, -0.1) is 0 Å². The summed E-state index contributed by atoms with van der Waals surface area (Å²) in [4.78, 5) is 0. The average Bonchev–Trinajstić information content (AvgIpc) is 2.62. The number of anilines is 1. The third-order valence-electron chi connectivity index (χ3n) is 3.53. The van der Waals surface area contributed by atoms with E-state index in [0.29, 0.717) is 11.1 Å². The van der Waals surface area contributed by atoms with Gasteiger partial charge < -0.3 is 5.32 Å². The summed E-state index contributed by atoms with van der Waals surface area (Å²) in [5, 5.41) is 4.00. The second-order valence-corrected chi connectivity index (χ2v) is 5.66. The Kier molecular flexibility index (Phi) is 4.70. The Hall–Kier alpha value is -2.51. The van der Waals surface area contributed by atoms with E-state index < -0.39 is 0 Å². The molecular weight excluding hydrogens is 302 g/mol. The van der Waals surface area contributed by atoms with E-state index in [1.54, 1.807) is 12.1 Å². The molecule has 114 valence electrons. The van der Waals surface area contributed by atoms with Gasteiger partial charge in [-0.3, -0.25) is 0 Å². The lowest BCUT2D eigenvalue weighted by molar-refractivity contribution is 0.990. The van der Waals surface area contributed by atoms with E-state index in [1.165, 1.54) is 0 Å². The normalized spacial score (nSPS) is 12.8. The first-order chi connectivity index (χ1) is 11.7. The molecule has 23 heavy (non-hydrogen) atoms. The molecule has 0 amide bonds. The Morgan fingerprint density at radius 2 is 1.57 bits per heavy atom. The van der Waals surface area contributed by atoms with Crippen LogP contribution in [0.5, 0.6) is 0 Å². The van der Waals surface area contributed by atoms with E-state index in [9.17, 15) is 0 Å². The Bertz CT molecular complexity index is 816. The van der Waals surface area contributed by atoms with Crippen LogP contribution in [-0.2, 0) is 0 Å². The lowest BCUT2D eigenvalue weighted by atomic mass is 10.0. The second kappa shape index (κ2) is 7.66. The number of rotatable bonds is 5. The maximum absolute atomic E-state index is 8.09. The molecule has 0 radical (unpaired) electrons. The van der Waals surface area contributed by atoms with Crippen molar-refractivity contribution < 1.29 is 1.37 Å². The fourth-order valence-corrected chi connectivity index (χ4v) is 2.46. The van der Waals surface area contributed by atoms with Gasteiger partial charge in [0.05, 0.1) is 7.41 Å². The third-order valence-corrected chi connectivity index (χ3v) is 3.76. The maximum Gasteiger partial charge on any atom is 0.0701 e. The molecular formula is C21H18ClN. The Morgan fingerprint density at radius 1 is 0.870 bits per heavy atom. The predicted molar refractivity (Wildman–Crippen MR) is 99.7 cm³/mol. The number of benzene rings is 3. The first kappa shape index (κ1) is 14.1. The van der Waals surface area contributed by atoms with Crippen molar-refractivity contribution in [1.82, 2.24) is 0 Å². The topological polar surface area (TPSA) is 12.0 Å². The van der Waals surface area contributed by atoms with E-state index in [0.717, 1.165) is 16.8 Å². The molecule has 1 unspecified atom stereocenters. The van der Waals surface area contributed by atoms with Crippen molar-refractivity contribution in [2.24, 2.45) is 0 Å². The Morgan fingerprint density at radius 3 is 2.26 bits per heavy atom. The molecule has 1 nitrogen and oxygen atoms in total. The minimum atomic E-state index is -0.0309. The lowest BCUT2D eigenvalue weighted by Gasteiger charge is -2.17. The summed E-state index contributed by atoms with van der Waals surface area (Å²) < 4.78 is 8.09. The molecule has 0 heterocycles. The van der Waals surface area contributed by atoms with Crippen molar-refractivity contribution in [3.05, 3.63) is 107 Å². The number of hydrogen-bond donors (Lipinski definition) is 1. The fourth-order valence-electron chi connectivity index (χ4n) is 2.34. The maximum atomic E-state index is 8.09. The molecule has 0 spiro atoms. The number of nitrogens with one attached hydrogen (secondary N) is 1. The lowest BCUT2D eigenvalue weighted by Crippen LogP contribution is -2.07. The van der Waals surface area contributed by atoms with Gasteiger partial charge in [0, 0.05) is 10.7 Å². The van der Waals surface area contributed by atoms with Crippen LogP contribution in [0.2, 0.25) is 5.02 Å². The average molecular weight is 321 g/mol.